The summed E-state index contributed by atoms with van der Waals surface area (Å²) in [4.78, 5) is 24.2. The summed E-state index contributed by atoms with van der Waals surface area (Å²) in [7, 11) is 0. The van der Waals surface area contributed by atoms with Gasteiger partial charge in [0.15, 0.2) is 5.58 Å². The zero-order valence-electron chi connectivity index (χ0n) is 11.5. The van der Waals surface area contributed by atoms with Crippen molar-refractivity contribution in [3.63, 3.8) is 0 Å². The molecule has 0 saturated heterocycles. The topological polar surface area (TPSA) is 59.3 Å². The van der Waals surface area contributed by atoms with Gasteiger partial charge in [0.1, 0.15) is 5.56 Å². The standard InChI is InChI=1S/C16H16ClNO3/c17-13-8-4-5-10-9-12(16(20)21-14(10)13)15(19)18-11-6-2-1-3-7-11/h4-5,8-9,11H,1-3,6-7H2,(H,18,19). The van der Waals surface area contributed by atoms with E-state index in [1.54, 1.807) is 24.3 Å². The lowest BCUT2D eigenvalue weighted by molar-refractivity contribution is 0.0924. The molecule has 4 nitrogen and oxygen atoms in total. The van der Waals surface area contributed by atoms with Crippen molar-refractivity contribution in [3.05, 3.63) is 45.3 Å². The van der Waals surface area contributed by atoms with Crippen LogP contribution in [0.25, 0.3) is 11.0 Å². The first-order chi connectivity index (χ1) is 10.1. The van der Waals surface area contributed by atoms with Crippen molar-refractivity contribution in [2.45, 2.75) is 38.1 Å². The van der Waals surface area contributed by atoms with E-state index in [0.717, 1.165) is 25.7 Å². The number of hydrogen-bond acceptors (Lipinski definition) is 3. The van der Waals surface area contributed by atoms with Crippen molar-refractivity contribution in [1.82, 2.24) is 5.32 Å². The monoisotopic (exact) mass is 305 g/mol. The number of benzene rings is 1. The van der Waals surface area contributed by atoms with Gasteiger partial charge in [-0.25, -0.2) is 4.79 Å². The number of carbonyl (C=O) groups excluding carboxylic acids is 1. The van der Waals surface area contributed by atoms with Crippen LogP contribution in [0.4, 0.5) is 0 Å². The Morgan fingerprint density at radius 3 is 2.76 bits per heavy atom. The van der Waals surface area contributed by atoms with Crippen LogP contribution in [-0.2, 0) is 0 Å². The second kappa shape index (κ2) is 5.90. The lowest BCUT2D eigenvalue weighted by Crippen LogP contribution is -2.38. The van der Waals surface area contributed by atoms with Crippen LogP contribution in [0.1, 0.15) is 42.5 Å². The Morgan fingerprint density at radius 2 is 2.00 bits per heavy atom. The highest BCUT2D eigenvalue weighted by atomic mass is 35.5. The lowest BCUT2D eigenvalue weighted by atomic mass is 9.95. The SMILES string of the molecule is O=C(NC1CCCCC1)c1cc2cccc(Cl)c2oc1=O. The maximum atomic E-state index is 12.3. The molecule has 21 heavy (non-hydrogen) atoms. The fourth-order valence-corrected chi connectivity index (χ4v) is 3.00. The van der Waals surface area contributed by atoms with Crippen molar-refractivity contribution in [3.8, 4) is 0 Å². The summed E-state index contributed by atoms with van der Waals surface area (Å²) in [5.74, 6) is -0.363. The van der Waals surface area contributed by atoms with Gasteiger partial charge in [0, 0.05) is 11.4 Å². The fraction of sp³-hybridized carbons (Fsp3) is 0.375. The minimum absolute atomic E-state index is 0.0374. The number of para-hydroxylation sites is 1. The summed E-state index contributed by atoms with van der Waals surface area (Å²) in [6, 6.07) is 6.87. The summed E-state index contributed by atoms with van der Waals surface area (Å²) in [6.45, 7) is 0. The first-order valence-corrected chi connectivity index (χ1v) is 7.56. The molecule has 0 radical (unpaired) electrons. The summed E-state index contributed by atoms with van der Waals surface area (Å²) in [5.41, 5.74) is -0.294. The summed E-state index contributed by atoms with van der Waals surface area (Å²) in [5, 5.41) is 3.94. The number of carbonyl (C=O) groups is 1. The molecular weight excluding hydrogens is 290 g/mol. The third kappa shape index (κ3) is 2.95. The zero-order chi connectivity index (χ0) is 14.8. The Morgan fingerprint density at radius 1 is 1.24 bits per heavy atom. The lowest BCUT2D eigenvalue weighted by Gasteiger charge is -2.22. The van der Waals surface area contributed by atoms with Gasteiger partial charge >= 0.3 is 5.63 Å². The highest BCUT2D eigenvalue weighted by Crippen LogP contribution is 2.23. The van der Waals surface area contributed by atoms with Crippen LogP contribution in [0.3, 0.4) is 0 Å². The maximum absolute atomic E-state index is 12.3. The zero-order valence-corrected chi connectivity index (χ0v) is 12.3. The van der Waals surface area contributed by atoms with Gasteiger partial charge in [0.25, 0.3) is 5.91 Å². The molecule has 0 unspecified atom stereocenters. The number of hydrogen-bond donors (Lipinski definition) is 1. The molecule has 5 heteroatoms. The molecule has 0 aliphatic heterocycles. The Hall–Kier alpha value is -1.81. The number of fused-ring (bicyclic) bond motifs is 1. The molecule has 1 aromatic carbocycles. The predicted molar refractivity (Wildman–Crippen MR) is 81.8 cm³/mol. The molecule has 0 spiro atoms. The van der Waals surface area contributed by atoms with E-state index in [0.29, 0.717) is 16.0 Å². The molecule has 2 aromatic rings. The first-order valence-electron chi connectivity index (χ1n) is 7.18. The van der Waals surface area contributed by atoms with Crippen molar-refractivity contribution < 1.29 is 9.21 Å². The summed E-state index contributed by atoms with van der Waals surface area (Å²) in [6.07, 6.45) is 5.38. The molecule has 1 fully saturated rings. The van der Waals surface area contributed by atoms with Gasteiger partial charge < -0.3 is 9.73 Å². The van der Waals surface area contributed by atoms with Crippen LogP contribution < -0.4 is 10.9 Å². The normalized spacial score (nSPS) is 16.0. The van der Waals surface area contributed by atoms with Gasteiger partial charge in [0.05, 0.1) is 5.02 Å². The van der Waals surface area contributed by atoms with E-state index >= 15 is 0 Å². The third-order valence-corrected chi connectivity index (χ3v) is 4.19. The number of rotatable bonds is 2. The Bertz CT molecular complexity index is 732. The average molecular weight is 306 g/mol. The van der Waals surface area contributed by atoms with Crippen LogP contribution in [-0.4, -0.2) is 11.9 Å². The van der Waals surface area contributed by atoms with Gasteiger partial charge in [-0.05, 0) is 25.0 Å². The average Bonchev–Trinajstić information content (AvgIpc) is 2.48. The highest BCUT2D eigenvalue weighted by molar-refractivity contribution is 6.34. The summed E-state index contributed by atoms with van der Waals surface area (Å²) < 4.78 is 5.19. The minimum atomic E-state index is -0.649. The van der Waals surface area contributed by atoms with E-state index in [-0.39, 0.29) is 17.5 Å². The molecule has 1 amide bonds. The van der Waals surface area contributed by atoms with E-state index in [1.807, 2.05) is 0 Å². The number of halogens is 1. The van der Waals surface area contributed by atoms with Gasteiger partial charge in [-0.15, -0.1) is 0 Å². The van der Waals surface area contributed by atoms with Crippen molar-refractivity contribution in [1.29, 1.82) is 0 Å². The van der Waals surface area contributed by atoms with E-state index in [1.165, 1.54) is 6.42 Å². The quantitative estimate of drug-likeness (QED) is 0.864. The van der Waals surface area contributed by atoms with Gasteiger partial charge in [-0.3, -0.25) is 4.79 Å². The molecule has 1 aliphatic rings. The molecule has 1 aliphatic carbocycles. The third-order valence-electron chi connectivity index (χ3n) is 3.90. The molecule has 1 aromatic heterocycles. The van der Waals surface area contributed by atoms with E-state index in [2.05, 4.69) is 5.32 Å². The van der Waals surface area contributed by atoms with E-state index < -0.39 is 5.63 Å². The molecule has 1 heterocycles. The second-order valence-corrected chi connectivity index (χ2v) is 5.82. The smallest absolute Gasteiger partial charge is 0.349 e. The van der Waals surface area contributed by atoms with Crippen LogP contribution in [0.5, 0.6) is 0 Å². The van der Waals surface area contributed by atoms with Gasteiger partial charge in [-0.2, -0.15) is 0 Å². The molecule has 1 saturated carbocycles. The Labute approximate surface area is 127 Å². The first kappa shape index (κ1) is 14.1. The van der Waals surface area contributed by atoms with Crippen LogP contribution >= 0.6 is 11.6 Å². The predicted octanol–water partition coefficient (Wildman–Crippen LogP) is 3.51. The van der Waals surface area contributed by atoms with Crippen molar-refractivity contribution >= 4 is 28.5 Å². The largest absolute Gasteiger partial charge is 0.421 e. The second-order valence-electron chi connectivity index (χ2n) is 5.41. The highest BCUT2D eigenvalue weighted by Gasteiger charge is 2.20. The van der Waals surface area contributed by atoms with Gasteiger partial charge in [0.2, 0.25) is 0 Å². The number of amides is 1. The molecule has 0 bridgehead atoms. The van der Waals surface area contributed by atoms with E-state index in [4.69, 9.17) is 16.0 Å². The van der Waals surface area contributed by atoms with Crippen LogP contribution in [0, 0.1) is 0 Å². The molecule has 0 atom stereocenters. The minimum Gasteiger partial charge on any atom is -0.421 e. The molecule has 110 valence electrons. The van der Waals surface area contributed by atoms with Gasteiger partial charge in [-0.1, -0.05) is 43.0 Å². The van der Waals surface area contributed by atoms with Crippen molar-refractivity contribution in [2.24, 2.45) is 0 Å². The Balaban J connectivity index is 1.90. The fourth-order valence-electron chi connectivity index (χ4n) is 2.78. The van der Waals surface area contributed by atoms with Crippen LogP contribution in [0.2, 0.25) is 5.02 Å². The van der Waals surface area contributed by atoms with Crippen LogP contribution in [0.15, 0.2) is 33.5 Å². The van der Waals surface area contributed by atoms with Crippen molar-refractivity contribution in [2.75, 3.05) is 0 Å². The maximum Gasteiger partial charge on any atom is 0.349 e. The van der Waals surface area contributed by atoms with E-state index in [9.17, 15) is 9.59 Å². The Kier molecular flexibility index (Phi) is 3.97. The molecule has 3 rings (SSSR count). The molecular formula is C16H16ClNO3. The summed E-state index contributed by atoms with van der Waals surface area (Å²) >= 11 is 5.98. The number of nitrogens with one attached hydrogen (secondary N) is 1. The molecule has 1 N–H and O–H groups in total.